The average Bonchev–Trinajstić information content (AvgIpc) is 2.18. The van der Waals surface area contributed by atoms with Crippen LogP contribution in [0.4, 0.5) is 0 Å². The molecule has 0 N–H and O–H groups in total. The molecule has 0 amide bonds. The summed E-state index contributed by atoms with van der Waals surface area (Å²) in [5.74, 6) is 0. The lowest BCUT2D eigenvalue weighted by atomic mass is 10.1. The minimum Gasteiger partial charge on any atom is -0.103 e. The number of benzene rings is 1. The van der Waals surface area contributed by atoms with Gasteiger partial charge in [-0.15, -0.1) is 6.58 Å². The highest BCUT2D eigenvalue weighted by atomic mass is 79.9. The number of hydrogen-bond acceptors (Lipinski definition) is 0. The van der Waals surface area contributed by atoms with E-state index in [1.807, 2.05) is 6.08 Å². The Morgan fingerprint density at radius 3 is 2.36 bits per heavy atom. The molecular weight excluding hydrogens is 252 g/mol. The monoisotopic (exact) mass is 268 g/mol. The van der Waals surface area contributed by atoms with Crippen molar-refractivity contribution >= 4 is 24.7 Å². The van der Waals surface area contributed by atoms with Crippen molar-refractivity contribution in [2.45, 2.75) is 24.0 Å². The fraction of sp³-hybridized carbons (Fsp3) is 0.333. The summed E-state index contributed by atoms with van der Waals surface area (Å²) in [5.41, 5.74) is 2.76. The Kier molecular flexibility index (Phi) is 4.62. The first-order valence-electron chi connectivity index (χ1n) is 4.99. The molecular formula is C12H17BrSi. The van der Waals surface area contributed by atoms with Gasteiger partial charge in [0, 0.05) is 4.45 Å². The van der Waals surface area contributed by atoms with Crippen LogP contribution in [0.25, 0.3) is 0 Å². The van der Waals surface area contributed by atoms with E-state index >= 15 is 0 Å². The molecule has 0 nitrogen and oxygen atoms in total. The van der Waals surface area contributed by atoms with Crippen LogP contribution in [-0.4, -0.2) is 8.80 Å². The minimum absolute atomic E-state index is 0.597. The molecule has 14 heavy (non-hydrogen) atoms. The molecule has 0 saturated carbocycles. The van der Waals surface area contributed by atoms with E-state index in [-0.39, 0.29) is 0 Å². The highest BCUT2D eigenvalue weighted by Gasteiger charge is 2.12. The summed E-state index contributed by atoms with van der Waals surface area (Å²) < 4.78 is 0.597. The van der Waals surface area contributed by atoms with Crippen LogP contribution in [0.5, 0.6) is 0 Å². The van der Waals surface area contributed by atoms with Crippen LogP contribution in [0.2, 0.25) is 13.1 Å². The fourth-order valence-corrected chi connectivity index (χ4v) is 2.69. The quantitative estimate of drug-likeness (QED) is 0.442. The number of allylic oxidation sites excluding steroid dienone is 1. The molecule has 1 aromatic carbocycles. The number of rotatable bonds is 4. The van der Waals surface area contributed by atoms with Crippen LogP contribution in [0.1, 0.15) is 15.6 Å². The molecule has 0 radical (unpaired) electrons. The van der Waals surface area contributed by atoms with Crippen LogP contribution in [0.15, 0.2) is 36.9 Å². The molecule has 1 rings (SSSR count). The van der Waals surface area contributed by atoms with Gasteiger partial charge in [0.25, 0.3) is 0 Å². The number of alkyl halides is 1. The van der Waals surface area contributed by atoms with Crippen LogP contribution in [-0.2, 0) is 6.42 Å². The maximum Gasteiger partial charge on any atom is 0.0521 e. The van der Waals surface area contributed by atoms with Crippen molar-refractivity contribution in [2.24, 2.45) is 0 Å². The van der Waals surface area contributed by atoms with Crippen LogP contribution in [0.3, 0.4) is 0 Å². The summed E-state index contributed by atoms with van der Waals surface area (Å²) in [5, 5.41) is 0. The second-order valence-electron chi connectivity index (χ2n) is 3.88. The first-order chi connectivity index (χ1) is 6.65. The molecule has 0 spiro atoms. The molecule has 0 saturated heterocycles. The maximum atomic E-state index is 3.76. The zero-order valence-electron chi connectivity index (χ0n) is 8.83. The Bertz CT molecular complexity index is 290. The van der Waals surface area contributed by atoms with Crippen molar-refractivity contribution < 1.29 is 0 Å². The highest BCUT2D eigenvalue weighted by molar-refractivity contribution is 9.09. The molecule has 1 aromatic rings. The van der Waals surface area contributed by atoms with Crippen molar-refractivity contribution in [3.05, 3.63) is 48.0 Å². The summed E-state index contributed by atoms with van der Waals surface area (Å²) in [7, 11) is -0.627. The van der Waals surface area contributed by atoms with Crippen LogP contribution in [0, 0.1) is 0 Å². The Hall–Kier alpha value is -0.343. The lowest BCUT2D eigenvalue weighted by Gasteiger charge is -2.13. The van der Waals surface area contributed by atoms with Gasteiger partial charge < -0.3 is 0 Å². The summed E-state index contributed by atoms with van der Waals surface area (Å²) >= 11 is 3.76. The summed E-state index contributed by atoms with van der Waals surface area (Å²) in [4.78, 5) is 0. The predicted molar refractivity (Wildman–Crippen MR) is 70.9 cm³/mol. The zero-order chi connectivity index (χ0) is 10.6. The second kappa shape index (κ2) is 5.52. The van der Waals surface area contributed by atoms with E-state index in [0.717, 1.165) is 6.42 Å². The van der Waals surface area contributed by atoms with Crippen molar-refractivity contribution in [1.82, 2.24) is 0 Å². The van der Waals surface area contributed by atoms with Crippen molar-refractivity contribution in [2.75, 3.05) is 0 Å². The summed E-state index contributed by atoms with van der Waals surface area (Å²) in [6, 6.07) is 8.85. The molecule has 1 unspecified atom stereocenters. The Morgan fingerprint density at radius 2 is 1.93 bits per heavy atom. The van der Waals surface area contributed by atoms with E-state index in [9.17, 15) is 0 Å². The average molecular weight is 269 g/mol. The lowest BCUT2D eigenvalue weighted by molar-refractivity contribution is 1.24. The normalized spacial score (nSPS) is 12.9. The molecule has 76 valence electrons. The van der Waals surface area contributed by atoms with Gasteiger partial charge in [0.05, 0.1) is 8.80 Å². The molecule has 0 aromatic heterocycles. The third kappa shape index (κ3) is 3.10. The molecule has 0 aliphatic carbocycles. The van der Waals surface area contributed by atoms with Crippen LogP contribution < -0.4 is 0 Å². The van der Waals surface area contributed by atoms with Gasteiger partial charge in [0.2, 0.25) is 0 Å². The topological polar surface area (TPSA) is 0 Å². The Labute approximate surface area is 96.8 Å². The van der Waals surface area contributed by atoms with Gasteiger partial charge >= 0.3 is 0 Å². The fourth-order valence-electron chi connectivity index (χ4n) is 1.39. The van der Waals surface area contributed by atoms with Crippen molar-refractivity contribution in [3.63, 3.8) is 0 Å². The van der Waals surface area contributed by atoms with Crippen molar-refractivity contribution in [1.29, 1.82) is 0 Å². The third-order valence-electron chi connectivity index (χ3n) is 2.26. The van der Waals surface area contributed by atoms with Gasteiger partial charge in [-0.3, -0.25) is 0 Å². The van der Waals surface area contributed by atoms with Gasteiger partial charge in [0.15, 0.2) is 0 Å². The first-order valence-corrected chi connectivity index (χ1v) is 8.88. The van der Waals surface area contributed by atoms with E-state index in [1.54, 1.807) is 0 Å². The molecule has 0 fully saturated rings. The third-order valence-corrected chi connectivity index (χ3v) is 7.52. The summed E-state index contributed by atoms with van der Waals surface area (Å²) in [6.07, 6.45) is 2.91. The smallest absolute Gasteiger partial charge is 0.0521 e. The van der Waals surface area contributed by atoms with E-state index in [0.29, 0.717) is 4.45 Å². The molecule has 2 heteroatoms. The SMILES string of the molecule is C=CCc1ccc(C(Br)[SiH](C)C)cc1. The lowest BCUT2D eigenvalue weighted by Crippen LogP contribution is -2.09. The Morgan fingerprint density at radius 1 is 1.36 bits per heavy atom. The molecule has 0 heterocycles. The molecule has 1 atom stereocenters. The van der Waals surface area contributed by atoms with E-state index in [1.165, 1.54) is 11.1 Å². The molecule has 0 bridgehead atoms. The van der Waals surface area contributed by atoms with Gasteiger partial charge in [0.1, 0.15) is 0 Å². The van der Waals surface area contributed by atoms with Crippen LogP contribution >= 0.6 is 15.9 Å². The minimum atomic E-state index is -0.627. The Balaban J connectivity index is 2.77. The van der Waals surface area contributed by atoms with E-state index in [4.69, 9.17) is 0 Å². The first kappa shape index (κ1) is 11.7. The van der Waals surface area contributed by atoms with E-state index in [2.05, 4.69) is 59.9 Å². The largest absolute Gasteiger partial charge is 0.103 e. The van der Waals surface area contributed by atoms with Gasteiger partial charge in [-0.25, -0.2) is 0 Å². The standard InChI is InChI=1S/C12H17BrSi/c1-4-5-10-6-8-11(9-7-10)12(13)14(2)3/h4,6-9,12,14H,1,5H2,2-3H3. The van der Waals surface area contributed by atoms with Gasteiger partial charge in [-0.2, -0.15) is 0 Å². The highest BCUT2D eigenvalue weighted by Crippen LogP contribution is 2.25. The summed E-state index contributed by atoms with van der Waals surface area (Å²) in [6.45, 7) is 8.46. The number of hydrogen-bond donors (Lipinski definition) is 0. The second-order valence-corrected chi connectivity index (χ2v) is 9.00. The van der Waals surface area contributed by atoms with Crippen molar-refractivity contribution in [3.8, 4) is 0 Å². The van der Waals surface area contributed by atoms with E-state index < -0.39 is 8.80 Å². The van der Waals surface area contributed by atoms with Gasteiger partial charge in [-0.05, 0) is 17.5 Å². The maximum absolute atomic E-state index is 3.76. The predicted octanol–water partition coefficient (Wildman–Crippen LogP) is 3.88. The molecule has 0 aliphatic rings. The number of halogens is 1. The molecule has 0 aliphatic heterocycles. The zero-order valence-corrected chi connectivity index (χ0v) is 11.6. The van der Waals surface area contributed by atoms with Gasteiger partial charge in [-0.1, -0.05) is 59.4 Å².